The fraction of sp³-hybridized carbons (Fsp3) is 0. The van der Waals surface area contributed by atoms with Crippen molar-refractivity contribution in [3.63, 3.8) is 0 Å². The van der Waals surface area contributed by atoms with E-state index in [-0.39, 0.29) is 27.3 Å². The van der Waals surface area contributed by atoms with E-state index in [1.807, 2.05) is 0 Å². The van der Waals surface area contributed by atoms with E-state index in [1.165, 1.54) is 6.33 Å². The van der Waals surface area contributed by atoms with Gasteiger partial charge in [-0.05, 0) is 0 Å². The van der Waals surface area contributed by atoms with Crippen molar-refractivity contribution in [3.8, 4) is 0 Å². The lowest BCUT2D eigenvalue weighted by Gasteiger charge is -1.97. The molecular formula is C5H9N5O7S. The minimum atomic E-state index is -4.67. The fourth-order valence-electron chi connectivity index (χ4n) is 0.895. The van der Waals surface area contributed by atoms with Crippen molar-refractivity contribution >= 4 is 27.5 Å². The summed E-state index contributed by atoms with van der Waals surface area (Å²) in [6.45, 7) is 0. The molecule has 0 amide bonds. The Hall–Kier alpha value is -2.22. The van der Waals surface area contributed by atoms with Crippen molar-refractivity contribution < 1.29 is 28.2 Å². The smallest absolute Gasteiger partial charge is 0.394 e. The number of anilines is 1. The zero-order valence-electron chi connectivity index (χ0n) is 8.47. The summed E-state index contributed by atoms with van der Waals surface area (Å²) in [5.74, 6) is -0.267. The summed E-state index contributed by atoms with van der Waals surface area (Å²) < 4.78 is 31.8. The molecule has 0 atom stereocenters. The first kappa shape index (κ1) is 15.8. The number of rotatable bonds is 0. The van der Waals surface area contributed by atoms with E-state index < -0.39 is 16.0 Å². The van der Waals surface area contributed by atoms with Crippen molar-refractivity contribution in [1.82, 2.24) is 19.7 Å². The minimum Gasteiger partial charge on any atom is -0.422 e. The van der Waals surface area contributed by atoms with E-state index in [9.17, 15) is 4.79 Å². The molecule has 2 aromatic heterocycles. The largest absolute Gasteiger partial charge is 0.422 e. The third-order valence-electron chi connectivity index (χ3n) is 1.46. The van der Waals surface area contributed by atoms with Crippen LogP contribution in [-0.4, -0.2) is 47.9 Å². The number of nitrogens with zero attached hydrogens (tertiary/aromatic N) is 3. The Labute approximate surface area is 98.6 Å². The Kier molecular flexibility index (Phi) is 4.74. The Balaban J connectivity index is 0.000000421. The molecule has 0 bridgehead atoms. The van der Waals surface area contributed by atoms with Gasteiger partial charge >= 0.3 is 16.0 Å². The van der Waals surface area contributed by atoms with Crippen LogP contribution in [0.4, 0.5) is 5.95 Å². The van der Waals surface area contributed by atoms with Crippen LogP contribution in [0.1, 0.15) is 0 Å². The van der Waals surface area contributed by atoms with Gasteiger partial charge in [0.1, 0.15) is 0 Å². The van der Waals surface area contributed by atoms with Crippen LogP contribution in [0.2, 0.25) is 0 Å². The molecule has 0 spiro atoms. The van der Waals surface area contributed by atoms with Crippen LogP contribution >= 0.6 is 0 Å². The van der Waals surface area contributed by atoms with Crippen LogP contribution in [0.15, 0.2) is 11.1 Å². The van der Waals surface area contributed by atoms with Crippen LogP contribution in [0.5, 0.6) is 0 Å². The Bertz CT molecular complexity index is 680. The maximum Gasteiger partial charge on any atom is 0.394 e. The van der Waals surface area contributed by atoms with Crippen molar-refractivity contribution in [2.24, 2.45) is 0 Å². The first-order valence-corrected chi connectivity index (χ1v) is 5.20. The zero-order chi connectivity index (χ0) is 13.2. The number of nitrogens with one attached hydrogen (secondary N) is 1. The number of aromatic nitrogens is 4. The van der Waals surface area contributed by atoms with Gasteiger partial charge in [0.25, 0.3) is 0 Å². The van der Waals surface area contributed by atoms with Gasteiger partial charge in [-0.25, -0.2) is 4.98 Å². The van der Waals surface area contributed by atoms with Crippen LogP contribution < -0.4 is 11.3 Å². The summed E-state index contributed by atoms with van der Waals surface area (Å²) in [6.07, 6.45) is 1.30. The topological polar surface area (TPSA) is 216 Å². The van der Waals surface area contributed by atoms with E-state index in [0.29, 0.717) is 0 Å². The highest BCUT2D eigenvalue weighted by molar-refractivity contribution is 7.79. The van der Waals surface area contributed by atoms with E-state index in [1.54, 1.807) is 0 Å². The van der Waals surface area contributed by atoms with Gasteiger partial charge in [0.05, 0.1) is 6.33 Å². The second-order valence-electron chi connectivity index (χ2n) is 2.63. The highest BCUT2D eigenvalue weighted by Gasteiger charge is 2.08. The van der Waals surface area contributed by atoms with Gasteiger partial charge in [-0.1, -0.05) is 0 Å². The predicted molar refractivity (Wildman–Crippen MR) is 57.5 cm³/mol. The maximum atomic E-state index is 11.1. The fourth-order valence-corrected chi connectivity index (χ4v) is 0.895. The summed E-state index contributed by atoms with van der Waals surface area (Å²) in [5, 5.41) is 8.99. The summed E-state index contributed by atoms with van der Waals surface area (Å²) in [6, 6.07) is 0. The molecule has 0 fully saturated rings. The first-order chi connectivity index (χ1) is 7.70. The molecule has 2 aromatic rings. The molecule has 0 unspecified atom stereocenters. The molecule has 0 aromatic carbocycles. The molecule has 0 saturated carbocycles. The van der Waals surface area contributed by atoms with Crippen molar-refractivity contribution in [2.45, 2.75) is 0 Å². The number of hydrogen-bond acceptors (Lipinski definition) is 7. The molecule has 13 heteroatoms. The summed E-state index contributed by atoms with van der Waals surface area (Å²) in [5.41, 5.74) is 4.85. The first-order valence-electron chi connectivity index (χ1n) is 3.81. The lowest BCUT2D eigenvalue weighted by atomic mass is 10.5. The highest BCUT2D eigenvalue weighted by atomic mass is 32.3. The van der Waals surface area contributed by atoms with Crippen molar-refractivity contribution in [3.05, 3.63) is 16.7 Å². The van der Waals surface area contributed by atoms with Crippen LogP contribution in [0.25, 0.3) is 11.2 Å². The van der Waals surface area contributed by atoms with Crippen LogP contribution in [0, 0.1) is 0 Å². The van der Waals surface area contributed by atoms with E-state index in [2.05, 4.69) is 15.0 Å². The lowest BCUT2D eigenvalue weighted by molar-refractivity contribution is 0.180. The molecule has 102 valence electrons. The van der Waals surface area contributed by atoms with Crippen molar-refractivity contribution in [1.29, 1.82) is 0 Å². The van der Waals surface area contributed by atoms with Gasteiger partial charge < -0.3 is 21.4 Å². The molecule has 0 aliphatic rings. The average molecular weight is 283 g/mol. The molecule has 0 aliphatic heterocycles. The van der Waals surface area contributed by atoms with Gasteiger partial charge in [0.15, 0.2) is 11.2 Å². The van der Waals surface area contributed by atoms with Crippen LogP contribution in [0.3, 0.4) is 0 Å². The van der Waals surface area contributed by atoms with Gasteiger partial charge in [-0.3, -0.25) is 13.9 Å². The zero-order valence-corrected chi connectivity index (χ0v) is 9.29. The number of aromatic amines is 1. The summed E-state index contributed by atoms with van der Waals surface area (Å²) in [7, 11) is -4.67. The summed E-state index contributed by atoms with van der Waals surface area (Å²) in [4.78, 5) is 21.0. The number of imidazole rings is 1. The van der Waals surface area contributed by atoms with E-state index in [4.69, 9.17) is 28.5 Å². The minimum absolute atomic E-state index is 0. The Morgan fingerprint density at radius 2 is 1.89 bits per heavy atom. The second-order valence-corrected chi connectivity index (χ2v) is 3.53. The Morgan fingerprint density at radius 3 is 2.39 bits per heavy atom. The third kappa shape index (κ3) is 3.98. The normalized spacial score (nSPS) is 10.3. The van der Waals surface area contributed by atoms with Gasteiger partial charge in [-0.2, -0.15) is 13.4 Å². The molecular weight excluding hydrogens is 274 g/mol. The summed E-state index contributed by atoms with van der Waals surface area (Å²) >= 11 is 0. The standard InChI is InChI=1S/C5H5N5O2.H2O4S.H2O/c6-5-9-3-2(7-1-8-3)4(11)10(5)12;1-5(2,3)4;/h1,12H,(H2,6,9)(H,7,8);(H2,1,2,3,4);1H2. The second kappa shape index (κ2) is 5.41. The molecule has 0 saturated heterocycles. The molecule has 12 nitrogen and oxygen atoms in total. The predicted octanol–water partition coefficient (Wildman–Crippen LogP) is -2.54. The number of nitrogens with two attached hydrogens (primary N) is 1. The number of fused-ring (bicyclic) bond motifs is 1. The average Bonchev–Trinajstić information content (AvgIpc) is 2.59. The van der Waals surface area contributed by atoms with Gasteiger partial charge in [0.2, 0.25) is 5.95 Å². The number of hydrogen-bond donors (Lipinski definition) is 5. The monoisotopic (exact) mass is 283 g/mol. The molecule has 2 rings (SSSR count). The Morgan fingerprint density at radius 1 is 1.39 bits per heavy atom. The molecule has 2 heterocycles. The van der Waals surface area contributed by atoms with Crippen molar-refractivity contribution in [2.75, 3.05) is 5.73 Å². The highest BCUT2D eigenvalue weighted by Crippen LogP contribution is 2.01. The molecule has 18 heavy (non-hydrogen) atoms. The molecule has 8 N–H and O–H groups in total. The van der Waals surface area contributed by atoms with E-state index in [0.717, 1.165) is 0 Å². The molecule has 0 radical (unpaired) electrons. The van der Waals surface area contributed by atoms with Gasteiger partial charge in [-0.15, -0.1) is 4.73 Å². The molecule has 0 aliphatic carbocycles. The van der Waals surface area contributed by atoms with E-state index >= 15 is 0 Å². The number of nitrogen functional groups attached to an aromatic ring is 1. The third-order valence-corrected chi connectivity index (χ3v) is 1.46. The van der Waals surface area contributed by atoms with Crippen LogP contribution in [-0.2, 0) is 10.4 Å². The van der Waals surface area contributed by atoms with Gasteiger partial charge in [0, 0.05) is 0 Å². The quantitative estimate of drug-likeness (QED) is 0.253. The lowest BCUT2D eigenvalue weighted by Crippen LogP contribution is -2.22. The SMILES string of the molecule is Nc1nc2[nH]cnc2c(=O)n1O.O.O=S(=O)(O)O. The number of H-pyrrole nitrogens is 1. The maximum absolute atomic E-state index is 11.1.